The van der Waals surface area contributed by atoms with Crippen LogP contribution in [0.3, 0.4) is 0 Å². The minimum Gasteiger partial charge on any atom is -0.344 e. The topological polar surface area (TPSA) is 72.7 Å². The van der Waals surface area contributed by atoms with E-state index in [1.165, 1.54) is 0 Å². The number of carbonyl (C=O) groups excluding carboxylic acids is 1. The highest BCUT2D eigenvalue weighted by Gasteiger charge is 2.20. The van der Waals surface area contributed by atoms with Gasteiger partial charge in [0.2, 0.25) is 5.91 Å². The van der Waals surface area contributed by atoms with E-state index < -0.39 is 0 Å². The molecule has 0 unspecified atom stereocenters. The Morgan fingerprint density at radius 3 is 2.50 bits per heavy atom. The molecule has 0 spiro atoms. The molecule has 0 aliphatic heterocycles. The van der Waals surface area contributed by atoms with Crippen LogP contribution < -0.4 is 5.32 Å². The molecule has 0 bridgehead atoms. The highest BCUT2D eigenvalue weighted by molar-refractivity contribution is 5.77. The van der Waals surface area contributed by atoms with E-state index in [1.54, 1.807) is 17.1 Å². The smallest absolute Gasteiger partial charge is 0.242 e. The quantitative estimate of drug-likeness (QED) is 0.769. The van der Waals surface area contributed by atoms with Crippen LogP contribution >= 0.6 is 0 Å². The Hall–Kier alpha value is -3.02. The summed E-state index contributed by atoms with van der Waals surface area (Å²) in [5, 5.41) is 7.42. The van der Waals surface area contributed by atoms with Crippen LogP contribution in [0.5, 0.6) is 0 Å². The number of benzene rings is 1. The average Bonchev–Trinajstić information content (AvgIpc) is 2.93. The van der Waals surface area contributed by atoms with Crippen LogP contribution in [0.4, 0.5) is 0 Å². The Bertz CT molecular complexity index is 917. The molecule has 0 aliphatic rings. The third kappa shape index (κ3) is 3.96. The van der Waals surface area contributed by atoms with Gasteiger partial charge in [-0.05, 0) is 56.5 Å². The van der Waals surface area contributed by atoms with E-state index in [4.69, 9.17) is 0 Å². The predicted molar refractivity (Wildman–Crippen MR) is 99.6 cm³/mol. The number of nitrogens with one attached hydrogen (secondary N) is 1. The molecule has 26 heavy (non-hydrogen) atoms. The number of aryl methyl sites for hydroxylation is 4. The molecule has 0 saturated carbocycles. The molecule has 1 N–H and O–H groups in total. The summed E-state index contributed by atoms with van der Waals surface area (Å²) >= 11 is 0. The molecule has 0 fully saturated rings. The summed E-state index contributed by atoms with van der Waals surface area (Å²) in [5.74, 6) is 1.28. The van der Waals surface area contributed by atoms with Crippen molar-refractivity contribution in [1.29, 1.82) is 0 Å². The number of pyridine rings is 1. The molecule has 3 rings (SSSR count). The lowest BCUT2D eigenvalue weighted by molar-refractivity contribution is -0.122. The molecule has 0 aliphatic carbocycles. The summed E-state index contributed by atoms with van der Waals surface area (Å²) in [6.45, 7) is 7.91. The van der Waals surface area contributed by atoms with Crippen LogP contribution in [0.15, 0.2) is 42.7 Å². The van der Waals surface area contributed by atoms with Crippen molar-refractivity contribution in [3.05, 3.63) is 76.6 Å². The minimum atomic E-state index is -0.240. The molecule has 1 amide bonds. The third-order valence-electron chi connectivity index (χ3n) is 4.35. The fourth-order valence-corrected chi connectivity index (χ4v) is 3.02. The summed E-state index contributed by atoms with van der Waals surface area (Å²) in [6, 6.07) is 9.89. The first-order valence-corrected chi connectivity index (χ1v) is 8.58. The Morgan fingerprint density at radius 1 is 1.12 bits per heavy atom. The van der Waals surface area contributed by atoms with Crippen LogP contribution in [-0.2, 0) is 11.3 Å². The molecule has 0 saturated heterocycles. The van der Waals surface area contributed by atoms with Gasteiger partial charge in [0, 0.05) is 12.4 Å². The zero-order valence-electron chi connectivity index (χ0n) is 15.5. The van der Waals surface area contributed by atoms with E-state index in [0.29, 0.717) is 5.82 Å². The number of amides is 1. The third-order valence-corrected chi connectivity index (χ3v) is 4.35. The van der Waals surface area contributed by atoms with Crippen molar-refractivity contribution >= 4 is 5.91 Å². The van der Waals surface area contributed by atoms with Gasteiger partial charge in [0.25, 0.3) is 0 Å². The maximum absolute atomic E-state index is 12.7. The van der Waals surface area contributed by atoms with E-state index in [0.717, 1.165) is 28.1 Å². The summed E-state index contributed by atoms with van der Waals surface area (Å²) in [4.78, 5) is 21.0. The molecular formula is C20H23N5O. The van der Waals surface area contributed by atoms with E-state index in [1.807, 2.05) is 26.0 Å². The molecule has 1 aromatic carbocycles. The highest BCUT2D eigenvalue weighted by Crippen LogP contribution is 2.25. The molecule has 3 aromatic rings. The maximum Gasteiger partial charge on any atom is 0.242 e. The zero-order valence-corrected chi connectivity index (χ0v) is 15.5. The Balaban J connectivity index is 1.90. The van der Waals surface area contributed by atoms with Gasteiger partial charge in [0.05, 0.1) is 6.04 Å². The Labute approximate surface area is 153 Å². The van der Waals surface area contributed by atoms with Gasteiger partial charge in [0.15, 0.2) is 0 Å². The predicted octanol–water partition coefficient (Wildman–Crippen LogP) is 2.81. The summed E-state index contributed by atoms with van der Waals surface area (Å²) in [5.41, 5.74) is 4.36. The Kier molecular flexibility index (Phi) is 5.11. The van der Waals surface area contributed by atoms with Gasteiger partial charge in [-0.2, -0.15) is 5.10 Å². The minimum absolute atomic E-state index is 0.110. The van der Waals surface area contributed by atoms with Crippen molar-refractivity contribution < 1.29 is 4.79 Å². The lowest BCUT2D eigenvalue weighted by atomic mass is 9.94. The lowest BCUT2D eigenvalue weighted by Crippen LogP contribution is -2.33. The van der Waals surface area contributed by atoms with Gasteiger partial charge in [-0.3, -0.25) is 9.78 Å². The lowest BCUT2D eigenvalue weighted by Gasteiger charge is -2.22. The monoisotopic (exact) mass is 349 g/mol. The standard InChI is InChI=1S/C20H23N5O/c1-13-5-6-14(2)18(11-13)20(17-7-9-21-10-8-17)23-19(26)12-25-16(4)22-15(3)24-25/h5-11,20H,12H2,1-4H3,(H,23,26)/t20-/m1/s1. The van der Waals surface area contributed by atoms with E-state index in [2.05, 4.69) is 52.4 Å². The van der Waals surface area contributed by atoms with Gasteiger partial charge < -0.3 is 5.32 Å². The fourth-order valence-electron chi connectivity index (χ4n) is 3.02. The largest absolute Gasteiger partial charge is 0.344 e. The summed E-state index contributed by atoms with van der Waals surface area (Å²) < 4.78 is 1.62. The van der Waals surface area contributed by atoms with Crippen molar-refractivity contribution in [3.8, 4) is 0 Å². The number of aromatic nitrogens is 4. The number of nitrogens with zero attached hydrogens (tertiary/aromatic N) is 4. The molecule has 6 nitrogen and oxygen atoms in total. The van der Waals surface area contributed by atoms with Crippen LogP contribution in [0.2, 0.25) is 0 Å². The second-order valence-electron chi connectivity index (χ2n) is 6.50. The van der Waals surface area contributed by atoms with E-state index in [9.17, 15) is 4.79 Å². The molecule has 134 valence electrons. The van der Waals surface area contributed by atoms with E-state index in [-0.39, 0.29) is 18.5 Å². The molecular weight excluding hydrogens is 326 g/mol. The number of rotatable bonds is 5. The first kappa shape index (κ1) is 17.8. The second-order valence-corrected chi connectivity index (χ2v) is 6.50. The van der Waals surface area contributed by atoms with Gasteiger partial charge in [0.1, 0.15) is 18.2 Å². The van der Waals surface area contributed by atoms with Crippen LogP contribution in [0.1, 0.15) is 39.9 Å². The van der Waals surface area contributed by atoms with Crippen LogP contribution in [0.25, 0.3) is 0 Å². The first-order chi connectivity index (χ1) is 12.4. The second kappa shape index (κ2) is 7.47. The molecule has 0 radical (unpaired) electrons. The van der Waals surface area contributed by atoms with Crippen molar-refractivity contribution in [1.82, 2.24) is 25.1 Å². The van der Waals surface area contributed by atoms with Gasteiger partial charge in [-0.15, -0.1) is 0 Å². The van der Waals surface area contributed by atoms with Crippen molar-refractivity contribution in [2.45, 2.75) is 40.3 Å². The highest BCUT2D eigenvalue weighted by atomic mass is 16.2. The summed E-state index contributed by atoms with van der Waals surface area (Å²) in [7, 11) is 0. The molecule has 6 heteroatoms. The fraction of sp³-hybridized carbons (Fsp3) is 0.300. The van der Waals surface area contributed by atoms with Gasteiger partial charge >= 0.3 is 0 Å². The van der Waals surface area contributed by atoms with Gasteiger partial charge in [-0.1, -0.05) is 23.8 Å². The normalized spacial score (nSPS) is 12.0. The number of hydrogen-bond donors (Lipinski definition) is 1. The maximum atomic E-state index is 12.7. The van der Waals surface area contributed by atoms with Crippen molar-refractivity contribution in [2.75, 3.05) is 0 Å². The van der Waals surface area contributed by atoms with Crippen LogP contribution in [0, 0.1) is 27.7 Å². The number of hydrogen-bond acceptors (Lipinski definition) is 4. The van der Waals surface area contributed by atoms with E-state index >= 15 is 0 Å². The zero-order chi connectivity index (χ0) is 18.7. The van der Waals surface area contributed by atoms with Crippen LogP contribution in [-0.4, -0.2) is 25.7 Å². The average molecular weight is 349 g/mol. The first-order valence-electron chi connectivity index (χ1n) is 8.58. The molecule has 1 atom stereocenters. The SMILES string of the molecule is Cc1ccc(C)c([C@H](NC(=O)Cn2nc(C)nc2C)c2ccncc2)c1. The Morgan fingerprint density at radius 2 is 1.85 bits per heavy atom. The van der Waals surface area contributed by atoms with Crippen molar-refractivity contribution in [3.63, 3.8) is 0 Å². The van der Waals surface area contributed by atoms with Gasteiger partial charge in [-0.25, -0.2) is 9.67 Å². The van der Waals surface area contributed by atoms with Crippen molar-refractivity contribution in [2.24, 2.45) is 0 Å². The molecule has 2 heterocycles. The number of carbonyl (C=O) groups is 1. The molecule has 2 aromatic heterocycles. The summed E-state index contributed by atoms with van der Waals surface area (Å²) in [6.07, 6.45) is 3.48.